The highest BCUT2D eigenvalue weighted by atomic mass is 79.9. The van der Waals surface area contributed by atoms with Gasteiger partial charge in [-0.05, 0) is 56.0 Å². The van der Waals surface area contributed by atoms with Crippen molar-refractivity contribution in [2.75, 3.05) is 26.2 Å². The first kappa shape index (κ1) is 15.3. The molecule has 5 heteroatoms. The third kappa shape index (κ3) is 3.73. The molecule has 1 aromatic carbocycles. The van der Waals surface area contributed by atoms with Gasteiger partial charge in [-0.2, -0.15) is 0 Å². The van der Waals surface area contributed by atoms with E-state index in [1.807, 2.05) is 24.0 Å². The van der Waals surface area contributed by atoms with Crippen LogP contribution in [0.15, 0.2) is 16.6 Å². The Morgan fingerprint density at radius 1 is 1.40 bits per heavy atom. The van der Waals surface area contributed by atoms with Crippen molar-refractivity contribution in [3.63, 3.8) is 0 Å². The summed E-state index contributed by atoms with van der Waals surface area (Å²) in [7, 11) is 0. The third-order valence-electron chi connectivity index (χ3n) is 3.53. The zero-order chi connectivity index (χ0) is 14.5. The normalized spacial score (nSPS) is 14.7. The number of nitrogens with two attached hydrogens (primary N) is 1. The average Bonchev–Trinajstić information content (AvgIpc) is 2.91. The Morgan fingerprint density at radius 3 is 2.75 bits per heavy atom. The molecule has 1 saturated heterocycles. The molecule has 0 radical (unpaired) electrons. The molecule has 0 unspecified atom stereocenters. The standard InChI is InChI=1S/C15H21BrN2O2/c1-11-8-13(16)9-12(4-5-17)15(11)20-10-14(19)18-6-2-3-7-18/h8-9H,2-7,10,17H2,1H3. The molecule has 110 valence electrons. The summed E-state index contributed by atoms with van der Waals surface area (Å²) in [4.78, 5) is 13.9. The number of hydrogen-bond acceptors (Lipinski definition) is 3. The van der Waals surface area contributed by atoms with Crippen LogP contribution < -0.4 is 10.5 Å². The predicted octanol–water partition coefficient (Wildman–Crippen LogP) is 2.26. The molecule has 0 atom stereocenters. The lowest BCUT2D eigenvalue weighted by atomic mass is 10.1. The van der Waals surface area contributed by atoms with Gasteiger partial charge in [0.05, 0.1) is 0 Å². The number of carbonyl (C=O) groups is 1. The average molecular weight is 341 g/mol. The molecule has 1 aliphatic rings. The van der Waals surface area contributed by atoms with Gasteiger partial charge in [-0.3, -0.25) is 4.79 Å². The van der Waals surface area contributed by atoms with Crippen LogP contribution in [0.1, 0.15) is 24.0 Å². The molecular weight excluding hydrogens is 320 g/mol. The molecule has 2 N–H and O–H groups in total. The van der Waals surface area contributed by atoms with Gasteiger partial charge >= 0.3 is 0 Å². The van der Waals surface area contributed by atoms with Gasteiger partial charge in [-0.15, -0.1) is 0 Å². The fraction of sp³-hybridized carbons (Fsp3) is 0.533. The summed E-state index contributed by atoms with van der Waals surface area (Å²) in [6, 6.07) is 4.01. The molecule has 1 aliphatic heterocycles. The zero-order valence-corrected chi connectivity index (χ0v) is 13.4. The Hall–Kier alpha value is -1.07. The molecule has 20 heavy (non-hydrogen) atoms. The van der Waals surface area contributed by atoms with Crippen molar-refractivity contribution >= 4 is 21.8 Å². The summed E-state index contributed by atoms with van der Waals surface area (Å²) in [5, 5.41) is 0. The van der Waals surface area contributed by atoms with Crippen molar-refractivity contribution in [3.8, 4) is 5.75 Å². The van der Waals surface area contributed by atoms with Gasteiger partial charge in [-0.25, -0.2) is 0 Å². The summed E-state index contributed by atoms with van der Waals surface area (Å²) in [5.41, 5.74) is 7.71. The molecule has 1 heterocycles. The van der Waals surface area contributed by atoms with Gasteiger partial charge < -0.3 is 15.4 Å². The van der Waals surface area contributed by atoms with Crippen molar-refractivity contribution in [1.82, 2.24) is 4.90 Å². The summed E-state index contributed by atoms with van der Waals surface area (Å²) < 4.78 is 6.79. The highest BCUT2D eigenvalue weighted by Gasteiger charge is 2.19. The van der Waals surface area contributed by atoms with Crippen LogP contribution in [-0.2, 0) is 11.2 Å². The number of rotatable bonds is 5. The number of amides is 1. The van der Waals surface area contributed by atoms with Gasteiger partial charge in [0.2, 0.25) is 0 Å². The van der Waals surface area contributed by atoms with Crippen LogP contribution in [0.4, 0.5) is 0 Å². The van der Waals surface area contributed by atoms with Crippen molar-refractivity contribution in [1.29, 1.82) is 0 Å². The minimum atomic E-state index is 0.0727. The summed E-state index contributed by atoms with van der Waals surface area (Å²) >= 11 is 3.48. The second-order valence-electron chi connectivity index (χ2n) is 5.13. The number of benzene rings is 1. The van der Waals surface area contributed by atoms with Gasteiger partial charge in [0, 0.05) is 17.6 Å². The molecule has 1 aromatic rings. The second-order valence-corrected chi connectivity index (χ2v) is 6.04. The number of likely N-dealkylation sites (tertiary alicyclic amines) is 1. The van der Waals surface area contributed by atoms with Crippen LogP contribution in [0.3, 0.4) is 0 Å². The first-order valence-electron chi connectivity index (χ1n) is 7.01. The van der Waals surface area contributed by atoms with E-state index in [2.05, 4.69) is 15.9 Å². The first-order chi connectivity index (χ1) is 9.61. The minimum absolute atomic E-state index is 0.0727. The highest BCUT2D eigenvalue weighted by molar-refractivity contribution is 9.10. The van der Waals surface area contributed by atoms with E-state index in [0.29, 0.717) is 6.54 Å². The molecule has 4 nitrogen and oxygen atoms in total. The largest absolute Gasteiger partial charge is 0.483 e. The molecule has 0 saturated carbocycles. The first-order valence-corrected chi connectivity index (χ1v) is 7.81. The fourth-order valence-corrected chi connectivity index (χ4v) is 3.16. The van der Waals surface area contributed by atoms with Crippen molar-refractivity contribution in [2.24, 2.45) is 5.73 Å². The van der Waals surface area contributed by atoms with Crippen LogP contribution in [-0.4, -0.2) is 37.0 Å². The monoisotopic (exact) mass is 340 g/mol. The van der Waals surface area contributed by atoms with Crippen LogP contribution in [0, 0.1) is 6.92 Å². The fourth-order valence-electron chi connectivity index (χ4n) is 2.54. The molecule has 1 amide bonds. The highest BCUT2D eigenvalue weighted by Crippen LogP contribution is 2.28. The Morgan fingerprint density at radius 2 is 2.10 bits per heavy atom. The SMILES string of the molecule is Cc1cc(Br)cc(CCN)c1OCC(=O)N1CCCC1. The maximum absolute atomic E-state index is 12.0. The predicted molar refractivity (Wildman–Crippen MR) is 82.9 cm³/mol. The molecule has 0 spiro atoms. The van der Waals surface area contributed by atoms with Crippen LogP contribution in [0.5, 0.6) is 5.75 Å². The maximum Gasteiger partial charge on any atom is 0.260 e. The Balaban J connectivity index is 2.06. The van der Waals surface area contributed by atoms with E-state index in [1.165, 1.54) is 0 Å². The molecule has 2 rings (SSSR count). The Bertz CT molecular complexity index is 485. The van der Waals surface area contributed by atoms with Crippen molar-refractivity contribution in [3.05, 3.63) is 27.7 Å². The number of nitrogens with zero attached hydrogens (tertiary/aromatic N) is 1. The quantitative estimate of drug-likeness (QED) is 0.894. The van der Waals surface area contributed by atoms with Gasteiger partial charge in [0.15, 0.2) is 6.61 Å². The number of aryl methyl sites for hydroxylation is 1. The van der Waals surface area contributed by atoms with E-state index in [-0.39, 0.29) is 12.5 Å². The van der Waals surface area contributed by atoms with E-state index in [1.54, 1.807) is 0 Å². The van der Waals surface area contributed by atoms with Crippen LogP contribution in [0.2, 0.25) is 0 Å². The van der Waals surface area contributed by atoms with E-state index >= 15 is 0 Å². The topological polar surface area (TPSA) is 55.6 Å². The van der Waals surface area contributed by atoms with E-state index in [0.717, 1.165) is 53.7 Å². The van der Waals surface area contributed by atoms with E-state index in [4.69, 9.17) is 10.5 Å². The van der Waals surface area contributed by atoms with Gasteiger partial charge in [0.1, 0.15) is 5.75 Å². The molecule has 1 fully saturated rings. The third-order valence-corrected chi connectivity index (χ3v) is 3.99. The number of hydrogen-bond donors (Lipinski definition) is 1. The zero-order valence-electron chi connectivity index (χ0n) is 11.8. The van der Waals surface area contributed by atoms with Crippen LogP contribution >= 0.6 is 15.9 Å². The summed E-state index contributed by atoms with van der Waals surface area (Å²) in [5.74, 6) is 0.870. The summed E-state index contributed by atoms with van der Waals surface area (Å²) in [6.45, 7) is 4.38. The van der Waals surface area contributed by atoms with E-state index < -0.39 is 0 Å². The lowest BCUT2D eigenvalue weighted by Gasteiger charge is -2.18. The van der Waals surface area contributed by atoms with E-state index in [9.17, 15) is 4.79 Å². The second kappa shape index (κ2) is 7.09. The minimum Gasteiger partial charge on any atom is -0.483 e. The smallest absolute Gasteiger partial charge is 0.260 e. The van der Waals surface area contributed by atoms with Gasteiger partial charge in [0.25, 0.3) is 5.91 Å². The Labute approximate surface area is 128 Å². The van der Waals surface area contributed by atoms with Crippen molar-refractivity contribution < 1.29 is 9.53 Å². The maximum atomic E-state index is 12.0. The number of carbonyl (C=O) groups excluding carboxylic acids is 1. The molecule has 0 aromatic heterocycles. The van der Waals surface area contributed by atoms with Crippen molar-refractivity contribution in [2.45, 2.75) is 26.2 Å². The Kier molecular flexibility index (Phi) is 5.43. The van der Waals surface area contributed by atoms with Gasteiger partial charge in [-0.1, -0.05) is 15.9 Å². The molecule has 0 bridgehead atoms. The number of halogens is 1. The lowest BCUT2D eigenvalue weighted by molar-refractivity contribution is -0.132. The summed E-state index contributed by atoms with van der Waals surface area (Å²) in [6.07, 6.45) is 2.94. The number of ether oxygens (including phenoxy) is 1. The van der Waals surface area contributed by atoms with Crippen LogP contribution in [0.25, 0.3) is 0 Å². The molecule has 0 aliphatic carbocycles. The molecular formula is C15H21BrN2O2. The lowest BCUT2D eigenvalue weighted by Crippen LogP contribution is -2.32.